The van der Waals surface area contributed by atoms with Gasteiger partial charge in [-0.2, -0.15) is 0 Å². The molecule has 106 valence electrons. The van der Waals surface area contributed by atoms with Crippen molar-refractivity contribution in [1.29, 1.82) is 0 Å². The van der Waals surface area contributed by atoms with Gasteiger partial charge in [-0.15, -0.1) is 0 Å². The van der Waals surface area contributed by atoms with Crippen LogP contribution in [0.5, 0.6) is 0 Å². The first-order valence-corrected chi connectivity index (χ1v) is 7.60. The molecule has 2 N–H and O–H groups in total. The molecule has 0 amide bonds. The number of likely N-dealkylation sites (tertiary alicyclic amines) is 1. The quantitative estimate of drug-likeness (QED) is 0.902. The van der Waals surface area contributed by atoms with Crippen molar-refractivity contribution in [2.75, 3.05) is 26.2 Å². The second kappa shape index (κ2) is 6.53. The summed E-state index contributed by atoms with van der Waals surface area (Å²) in [4.78, 5) is 2.50. The molecular formula is C17H28N2. The molecular weight excluding hydrogens is 232 g/mol. The molecule has 1 fully saturated rings. The van der Waals surface area contributed by atoms with Crippen molar-refractivity contribution < 1.29 is 0 Å². The zero-order valence-corrected chi connectivity index (χ0v) is 12.7. The molecule has 2 rings (SSSR count). The third-order valence-electron chi connectivity index (χ3n) is 4.83. The van der Waals surface area contributed by atoms with E-state index in [1.54, 1.807) is 5.56 Å². The van der Waals surface area contributed by atoms with Gasteiger partial charge in [-0.25, -0.2) is 0 Å². The molecule has 0 aromatic heterocycles. The topological polar surface area (TPSA) is 29.3 Å². The second-order valence-electron chi connectivity index (χ2n) is 6.07. The lowest BCUT2D eigenvalue weighted by molar-refractivity contribution is 0.188. The fourth-order valence-corrected chi connectivity index (χ4v) is 3.14. The van der Waals surface area contributed by atoms with Crippen molar-refractivity contribution >= 4 is 0 Å². The van der Waals surface area contributed by atoms with Crippen molar-refractivity contribution in [3.63, 3.8) is 0 Å². The number of rotatable bonds is 4. The van der Waals surface area contributed by atoms with Gasteiger partial charge >= 0.3 is 0 Å². The summed E-state index contributed by atoms with van der Waals surface area (Å²) in [6.07, 6.45) is 3.90. The van der Waals surface area contributed by atoms with Crippen LogP contribution in [0, 0.1) is 26.7 Å². The van der Waals surface area contributed by atoms with Gasteiger partial charge in [0, 0.05) is 13.1 Å². The largest absolute Gasteiger partial charge is 0.329 e. The molecule has 2 heteroatoms. The van der Waals surface area contributed by atoms with Crippen molar-refractivity contribution in [2.45, 2.75) is 40.0 Å². The Morgan fingerprint density at radius 3 is 2.42 bits per heavy atom. The van der Waals surface area contributed by atoms with Crippen LogP contribution in [0.25, 0.3) is 0 Å². The molecule has 0 bridgehead atoms. The van der Waals surface area contributed by atoms with Crippen LogP contribution in [-0.2, 0) is 6.42 Å². The first-order valence-electron chi connectivity index (χ1n) is 7.60. The summed E-state index contributed by atoms with van der Waals surface area (Å²) >= 11 is 0. The molecule has 0 saturated carbocycles. The van der Waals surface area contributed by atoms with Gasteiger partial charge in [0.15, 0.2) is 0 Å². The van der Waals surface area contributed by atoms with Crippen LogP contribution in [0.3, 0.4) is 0 Å². The lowest BCUT2D eigenvalue weighted by Gasteiger charge is -2.32. The average Bonchev–Trinajstić information content (AvgIpc) is 2.42. The maximum absolute atomic E-state index is 5.63. The molecule has 1 aromatic rings. The Kier molecular flexibility index (Phi) is 5.00. The molecule has 0 radical (unpaired) electrons. The summed E-state index contributed by atoms with van der Waals surface area (Å²) in [5, 5.41) is 0. The van der Waals surface area contributed by atoms with E-state index in [0.29, 0.717) is 0 Å². The van der Waals surface area contributed by atoms with E-state index in [-0.39, 0.29) is 0 Å². The number of aryl methyl sites for hydroxylation is 1. The maximum atomic E-state index is 5.63. The van der Waals surface area contributed by atoms with Gasteiger partial charge in [-0.1, -0.05) is 12.1 Å². The van der Waals surface area contributed by atoms with E-state index >= 15 is 0 Å². The predicted octanol–water partition coefficient (Wildman–Crippen LogP) is 2.83. The lowest BCUT2D eigenvalue weighted by Crippen LogP contribution is -2.37. The van der Waals surface area contributed by atoms with Crippen LogP contribution in [0.2, 0.25) is 0 Å². The minimum Gasteiger partial charge on any atom is -0.329 e. The second-order valence-corrected chi connectivity index (χ2v) is 6.07. The SMILES string of the molecule is Cc1ccc(CC2CCN(CCN)CC2)c(C)c1C. The average molecular weight is 260 g/mol. The number of hydrogen-bond donors (Lipinski definition) is 1. The van der Waals surface area contributed by atoms with Gasteiger partial charge in [0.1, 0.15) is 0 Å². The van der Waals surface area contributed by atoms with E-state index in [1.807, 2.05) is 0 Å². The normalized spacial score (nSPS) is 17.9. The van der Waals surface area contributed by atoms with Crippen LogP contribution in [0.15, 0.2) is 12.1 Å². The highest BCUT2D eigenvalue weighted by atomic mass is 15.1. The Balaban J connectivity index is 1.94. The van der Waals surface area contributed by atoms with Crippen molar-refractivity contribution in [1.82, 2.24) is 4.90 Å². The first-order chi connectivity index (χ1) is 9.11. The molecule has 0 aliphatic carbocycles. The zero-order chi connectivity index (χ0) is 13.8. The van der Waals surface area contributed by atoms with E-state index in [4.69, 9.17) is 5.73 Å². The molecule has 1 saturated heterocycles. The fourth-order valence-electron chi connectivity index (χ4n) is 3.14. The number of benzene rings is 1. The van der Waals surface area contributed by atoms with Gasteiger partial charge in [-0.3, -0.25) is 0 Å². The molecule has 19 heavy (non-hydrogen) atoms. The van der Waals surface area contributed by atoms with Gasteiger partial charge in [-0.05, 0) is 81.3 Å². The molecule has 0 unspecified atom stereocenters. The number of nitrogens with zero attached hydrogens (tertiary/aromatic N) is 1. The summed E-state index contributed by atoms with van der Waals surface area (Å²) in [5.41, 5.74) is 11.6. The molecule has 0 spiro atoms. The van der Waals surface area contributed by atoms with Gasteiger partial charge in [0.05, 0.1) is 0 Å². The van der Waals surface area contributed by atoms with E-state index < -0.39 is 0 Å². The minimum atomic E-state index is 0.793. The molecule has 1 heterocycles. The predicted molar refractivity (Wildman–Crippen MR) is 82.6 cm³/mol. The van der Waals surface area contributed by atoms with Crippen LogP contribution in [0.1, 0.15) is 35.1 Å². The van der Waals surface area contributed by atoms with Crippen LogP contribution in [-0.4, -0.2) is 31.1 Å². The molecule has 2 nitrogen and oxygen atoms in total. The Morgan fingerprint density at radius 1 is 1.11 bits per heavy atom. The maximum Gasteiger partial charge on any atom is 0.0105 e. The molecule has 0 atom stereocenters. The fraction of sp³-hybridized carbons (Fsp3) is 0.647. The number of nitrogens with two attached hydrogens (primary N) is 1. The summed E-state index contributed by atoms with van der Waals surface area (Å²) in [5.74, 6) is 0.856. The van der Waals surface area contributed by atoms with E-state index in [2.05, 4.69) is 37.8 Å². The van der Waals surface area contributed by atoms with Gasteiger partial charge in [0.25, 0.3) is 0 Å². The standard InChI is InChI=1S/C17H28N2/c1-13-4-5-17(15(3)14(13)2)12-16-6-9-19(10-7-16)11-8-18/h4-5,16H,6-12,18H2,1-3H3. The Morgan fingerprint density at radius 2 is 1.79 bits per heavy atom. The molecule has 1 aliphatic rings. The summed E-state index contributed by atoms with van der Waals surface area (Å²) in [6.45, 7) is 11.0. The Bertz CT molecular complexity index is 418. The lowest BCUT2D eigenvalue weighted by atomic mass is 9.87. The highest BCUT2D eigenvalue weighted by molar-refractivity contribution is 5.38. The van der Waals surface area contributed by atoms with E-state index in [0.717, 1.165) is 19.0 Å². The van der Waals surface area contributed by atoms with Crippen LogP contribution >= 0.6 is 0 Å². The first kappa shape index (κ1) is 14.5. The highest BCUT2D eigenvalue weighted by Crippen LogP contribution is 2.25. The van der Waals surface area contributed by atoms with Crippen molar-refractivity contribution in [3.8, 4) is 0 Å². The summed E-state index contributed by atoms with van der Waals surface area (Å²) in [7, 11) is 0. The van der Waals surface area contributed by atoms with Gasteiger partial charge < -0.3 is 10.6 Å². The molecule has 1 aliphatic heterocycles. The highest BCUT2D eigenvalue weighted by Gasteiger charge is 2.19. The Hall–Kier alpha value is -0.860. The summed E-state index contributed by atoms with van der Waals surface area (Å²) in [6, 6.07) is 4.62. The van der Waals surface area contributed by atoms with Crippen LogP contribution < -0.4 is 5.73 Å². The van der Waals surface area contributed by atoms with Crippen molar-refractivity contribution in [3.05, 3.63) is 34.4 Å². The summed E-state index contributed by atoms with van der Waals surface area (Å²) < 4.78 is 0. The van der Waals surface area contributed by atoms with E-state index in [1.165, 1.54) is 49.0 Å². The smallest absolute Gasteiger partial charge is 0.0105 e. The zero-order valence-electron chi connectivity index (χ0n) is 12.7. The number of hydrogen-bond acceptors (Lipinski definition) is 2. The third-order valence-corrected chi connectivity index (χ3v) is 4.83. The van der Waals surface area contributed by atoms with E-state index in [9.17, 15) is 0 Å². The monoisotopic (exact) mass is 260 g/mol. The Labute approximate surface area is 118 Å². The van der Waals surface area contributed by atoms with Crippen molar-refractivity contribution in [2.24, 2.45) is 11.7 Å². The number of piperidine rings is 1. The third kappa shape index (κ3) is 3.58. The van der Waals surface area contributed by atoms with Crippen LogP contribution in [0.4, 0.5) is 0 Å². The van der Waals surface area contributed by atoms with Gasteiger partial charge in [0.2, 0.25) is 0 Å². The minimum absolute atomic E-state index is 0.793. The molecule has 1 aromatic carbocycles.